The van der Waals surface area contributed by atoms with Gasteiger partial charge in [-0.2, -0.15) is 0 Å². The highest BCUT2D eigenvalue weighted by atomic mass is 35.5. The molecule has 0 saturated carbocycles. The van der Waals surface area contributed by atoms with Gasteiger partial charge < -0.3 is 14.2 Å². The highest BCUT2D eigenvalue weighted by Crippen LogP contribution is 2.34. The summed E-state index contributed by atoms with van der Waals surface area (Å²) in [5.74, 6) is 0.348. The van der Waals surface area contributed by atoms with Gasteiger partial charge in [0.1, 0.15) is 11.3 Å². The number of halogens is 4. The van der Waals surface area contributed by atoms with Gasteiger partial charge in [-0.1, -0.05) is 52.5 Å². The van der Waals surface area contributed by atoms with Crippen molar-refractivity contribution in [3.63, 3.8) is 0 Å². The van der Waals surface area contributed by atoms with Gasteiger partial charge >= 0.3 is 0 Å². The number of anilines is 1. The fourth-order valence-corrected chi connectivity index (χ4v) is 4.53. The van der Waals surface area contributed by atoms with Gasteiger partial charge in [-0.05, 0) is 72.9 Å². The van der Waals surface area contributed by atoms with Gasteiger partial charge in [0, 0.05) is 21.8 Å². The van der Waals surface area contributed by atoms with Crippen molar-refractivity contribution in [1.29, 1.82) is 0 Å². The van der Waals surface area contributed by atoms with Crippen molar-refractivity contribution in [1.82, 2.24) is 10.3 Å². The third kappa shape index (κ3) is 5.07. The SMILES string of the molecule is O=C(NC(=S)Nc1ccc(-c2nc3cc(Cl)cc(Cl)c3o2)cc1)c1ccc(-c2cccc(Cl)c2Cl)o1. The Balaban J connectivity index is 1.24. The molecule has 0 saturated heterocycles. The number of benzene rings is 3. The number of aromatic nitrogens is 1. The molecule has 2 N–H and O–H groups in total. The molecule has 180 valence electrons. The molecule has 6 nitrogen and oxygen atoms in total. The summed E-state index contributed by atoms with van der Waals surface area (Å²) < 4.78 is 11.4. The average molecular weight is 577 g/mol. The van der Waals surface area contributed by atoms with Crippen LogP contribution in [0.25, 0.3) is 33.9 Å². The summed E-state index contributed by atoms with van der Waals surface area (Å²) in [5.41, 5.74) is 2.97. The Hall–Kier alpha value is -3.07. The van der Waals surface area contributed by atoms with Crippen LogP contribution >= 0.6 is 58.6 Å². The number of fused-ring (bicyclic) bond motifs is 1. The Morgan fingerprint density at radius 2 is 1.67 bits per heavy atom. The third-order valence-electron chi connectivity index (χ3n) is 5.07. The van der Waals surface area contributed by atoms with Crippen LogP contribution in [-0.2, 0) is 0 Å². The lowest BCUT2D eigenvalue weighted by Crippen LogP contribution is -2.33. The Morgan fingerprint density at radius 3 is 2.44 bits per heavy atom. The second-order valence-corrected chi connectivity index (χ2v) is 9.54. The number of carbonyl (C=O) groups is 1. The summed E-state index contributed by atoms with van der Waals surface area (Å²) in [6.07, 6.45) is 0. The molecule has 1 amide bonds. The van der Waals surface area contributed by atoms with Crippen LogP contribution in [0.15, 0.2) is 75.6 Å². The summed E-state index contributed by atoms with van der Waals surface area (Å²) in [6, 6.07) is 18.7. The summed E-state index contributed by atoms with van der Waals surface area (Å²) in [5, 5.41) is 7.21. The lowest BCUT2D eigenvalue weighted by molar-refractivity contribution is 0.0951. The molecule has 11 heteroatoms. The van der Waals surface area contributed by atoms with Gasteiger partial charge in [-0.15, -0.1) is 0 Å². The lowest BCUT2D eigenvalue weighted by Gasteiger charge is -2.09. The number of nitrogens with one attached hydrogen (secondary N) is 2. The zero-order chi connectivity index (χ0) is 25.4. The van der Waals surface area contributed by atoms with Crippen molar-refractivity contribution < 1.29 is 13.6 Å². The van der Waals surface area contributed by atoms with Crippen LogP contribution < -0.4 is 10.6 Å². The number of furan rings is 1. The van der Waals surface area contributed by atoms with E-state index in [9.17, 15) is 4.79 Å². The largest absolute Gasteiger partial charge is 0.451 e. The maximum atomic E-state index is 12.6. The van der Waals surface area contributed by atoms with E-state index >= 15 is 0 Å². The fraction of sp³-hybridized carbons (Fsp3) is 0. The Bertz CT molecular complexity index is 1630. The van der Waals surface area contributed by atoms with E-state index in [1.807, 2.05) is 0 Å². The van der Waals surface area contributed by atoms with Gasteiger partial charge in [0.25, 0.3) is 5.91 Å². The molecule has 0 aliphatic rings. The minimum absolute atomic E-state index is 0.0651. The standard InChI is InChI=1S/C25H13Cl4N3O3S/c26-13-10-17(28)22-18(11-13)31-24(35-22)12-4-6-14(7-5-12)30-25(36)32-23(33)20-9-8-19(34-20)15-2-1-3-16(27)21(15)29/h1-11H,(H2,30,32,33,36). The van der Waals surface area contributed by atoms with E-state index in [-0.39, 0.29) is 10.9 Å². The molecular weight excluding hydrogens is 564 g/mol. The molecule has 2 aromatic heterocycles. The number of nitrogens with zero attached hydrogens (tertiary/aromatic N) is 1. The van der Waals surface area contributed by atoms with Crippen molar-refractivity contribution in [3.05, 3.63) is 92.6 Å². The van der Waals surface area contributed by atoms with Crippen LogP contribution in [0.5, 0.6) is 0 Å². The van der Waals surface area contributed by atoms with Crippen LogP contribution in [0.3, 0.4) is 0 Å². The van der Waals surface area contributed by atoms with Crippen LogP contribution in [-0.4, -0.2) is 16.0 Å². The predicted octanol–water partition coefficient (Wildman–Crippen LogP) is 8.50. The van der Waals surface area contributed by atoms with Crippen LogP contribution in [0.2, 0.25) is 20.1 Å². The average Bonchev–Trinajstić information content (AvgIpc) is 3.49. The summed E-state index contributed by atoms with van der Waals surface area (Å²) in [6.45, 7) is 0. The molecule has 5 rings (SSSR count). The van der Waals surface area contributed by atoms with Crippen LogP contribution in [0.4, 0.5) is 5.69 Å². The highest BCUT2D eigenvalue weighted by Gasteiger charge is 2.17. The summed E-state index contributed by atoms with van der Waals surface area (Å²) in [7, 11) is 0. The van der Waals surface area contributed by atoms with E-state index in [4.69, 9.17) is 67.5 Å². The zero-order valence-corrected chi connectivity index (χ0v) is 21.8. The molecule has 5 aromatic rings. The molecule has 0 atom stereocenters. The quantitative estimate of drug-likeness (QED) is 0.209. The first-order valence-electron chi connectivity index (χ1n) is 10.3. The van der Waals surface area contributed by atoms with E-state index in [2.05, 4.69) is 15.6 Å². The van der Waals surface area contributed by atoms with Crippen molar-refractivity contribution in [2.45, 2.75) is 0 Å². The van der Waals surface area contributed by atoms with Crippen molar-refractivity contribution in [2.24, 2.45) is 0 Å². The molecule has 0 radical (unpaired) electrons. The molecule has 2 heterocycles. The van der Waals surface area contributed by atoms with Gasteiger partial charge in [0.2, 0.25) is 5.89 Å². The van der Waals surface area contributed by atoms with Gasteiger partial charge in [-0.3, -0.25) is 10.1 Å². The topological polar surface area (TPSA) is 80.3 Å². The van der Waals surface area contributed by atoms with Gasteiger partial charge in [0.05, 0.1) is 15.1 Å². The van der Waals surface area contributed by atoms with E-state index < -0.39 is 5.91 Å². The zero-order valence-electron chi connectivity index (χ0n) is 17.9. The molecule has 36 heavy (non-hydrogen) atoms. The van der Waals surface area contributed by atoms with Gasteiger partial charge in [0.15, 0.2) is 16.5 Å². The maximum Gasteiger partial charge on any atom is 0.293 e. The number of hydrogen-bond donors (Lipinski definition) is 2. The first kappa shape index (κ1) is 24.6. The van der Waals surface area contributed by atoms with E-state index in [1.165, 1.54) is 6.07 Å². The molecule has 0 aliphatic carbocycles. The van der Waals surface area contributed by atoms with Crippen molar-refractivity contribution in [2.75, 3.05) is 5.32 Å². The van der Waals surface area contributed by atoms with Crippen molar-refractivity contribution in [3.8, 4) is 22.8 Å². The molecule has 0 spiro atoms. The fourth-order valence-electron chi connectivity index (χ4n) is 3.41. The Morgan fingerprint density at radius 1 is 0.889 bits per heavy atom. The monoisotopic (exact) mass is 575 g/mol. The summed E-state index contributed by atoms with van der Waals surface area (Å²) in [4.78, 5) is 17.0. The number of amides is 1. The Labute approximate surface area is 230 Å². The molecule has 0 aliphatic heterocycles. The maximum absolute atomic E-state index is 12.6. The second kappa shape index (κ2) is 10.1. The number of hydrogen-bond acceptors (Lipinski definition) is 5. The normalized spacial score (nSPS) is 11.0. The van der Waals surface area contributed by atoms with Gasteiger partial charge in [-0.25, -0.2) is 4.98 Å². The lowest BCUT2D eigenvalue weighted by atomic mass is 10.2. The molecule has 0 bridgehead atoms. The molecule has 3 aromatic carbocycles. The van der Waals surface area contributed by atoms with Crippen LogP contribution in [0, 0.1) is 0 Å². The van der Waals surface area contributed by atoms with E-state index in [0.717, 1.165) is 5.56 Å². The van der Waals surface area contributed by atoms with Crippen LogP contribution in [0.1, 0.15) is 10.6 Å². The smallest absolute Gasteiger partial charge is 0.293 e. The molecule has 0 unspecified atom stereocenters. The number of oxazole rings is 1. The predicted molar refractivity (Wildman–Crippen MR) is 147 cm³/mol. The second-order valence-electron chi connectivity index (χ2n) is 7.51. The van der Waals surface area contributed by atoms with E-state index in [0.29, 0.717) is 54.1 Å². The highest BCUT2D eigenvalue weighted by molar-refractivity contribution is 7.80. The Kier molecular flexibility index (Phi) is 6.92. The third-order valence-corrected chi connectivity index (χ3v) is 6.60. The number of rotatable bonds is 4. The number of carbonyl (C=O) groups excluding carboxylic acids is 1. The minimum atomic E-state index is -0.518. The first-order valence-corrected chi connectivity index (χ1v) is 12.2. The summed E-state index contributed by atoms with van der Waals surface area (Å²) >= 11 is 29.8. The number of thiocarbonyl (C=S) groups is 1. The van der Waals surface area contributed by atoms with E-state index in [1.54, 1.807) is 60.7 Å². The van der Waals surface area contributed by atoms with Crippen molar-refractivity contribution >= 4 is 86.4 Å². The molecular formula is C25H13Cl4N3O3S. The minimum Gasteiger partial charge on any atom is -0.451 e. The first-order chi connectivity index (χ1) is 17.3. The molecule has 0 fully saturated rings.